The average molecular weight is 450 g/mol. The van der Waals surface area contributed by atoms with Crippen molar-refractivity contribution < 1.29 is 4.79 Å². The second kappa shape index (κ2) is 10.2. The van der Waals surface area contributed by atoms with E-state index in [2.05, 4.69) is 14.9 Å². The molecule has 2 aliphatic heterocycles. The van der Waals surface area contributed by atoms with E-state index in [0.717, 1.165) is 61.6 Å². The van der Waals surface area contributed by atoms with Crippen LogP contribution in [0.25, 0.3) is 0 Å². The van der Waals surface area contributed by atoms with Crippen molar-refractivity contribution in [3.8, 4) is 0 Å². The molecule has 0 bridgehead atoms. The number of aromatic amines is 1. The molecule has 0 aromatic carbocycles. The minimum atomic E-state index is -0.159. The van der Waals surface area contributed by atoms with Crippen LogP contribution in [0.5, 0.6) is 0 Å². The lowest BCUT2D eigenvalue weighted by atomic mass is 9.88. The van der Waals surface area contributed by atoms with Crippen LogP contribution in [0.15, 0.2) is 29.2 Å². The smallest absolute Gasteiger partial charge is 0.255 e. The van der Waals surface area contributed by atoms with E-state index < -0.39 is 0 Å². The molecular weight excluding hydrogens is 414 g/mol. The van der Waals surface area contributed by atoms with Gasteiger partial charge in [-0.25, -0.2) is 4.98 Å². The van der Waals surface area contributed by atoms with Crippen LogP contribution in [0.2, 0.25) is 0 Å². The highest BCUT2D eigenvalue weighted by Crippen LogP contribution is 2.30. The zero-order valence-corrected chi connectivity index (χ0v) is 19.5. The molecule has 1 amide bonds. The highest BCUT2D eigenvalue weighted by Gasteiger charge is 2.32. The molecule has 4 heterocycles. The molecule has 7 heteroatoms. The molecule has 1 aliphatic carbocycles. The van der Waals surface area contributed by atoms with Gasteiger partial charge in [-0.1, -0.05) is 25.3 Å². The fourth-order valence-electron chi connectivity index (χ4n) is 5.82. The van der Waals surface area contributed by atoms with E-state index in [-0.39, 0.29) is 23.9 Å². The summed E-state index contributed by atoms with van der Waals surface area (Å²) in [4.78, 5) is 42.9. The molecule has 5 rings (SSSR count). The van der Waals surface area contributed by atoms with Gasteiger partial charge in [0.25, 0.3) is 5.56 Å². The van der Waals surface area contributed by atoms with Crippen LogP contribution < -0.4 is 5.56 Å². The topological polar surface area (TPSA) is 82.2 Å². The molecule has 0 radical (unpaired) electrons. The van der Waals surface area contributed by atoms with Crippen LogP contribution in [0.3, 0.4) is 0 Å². The lowest BCUT2D eigenvalue weighted by Crippen LogP contribution is -2.42. The van der Waals surface area contributed by atoms with Crippen LogP contribution >= 0.6 is 0 Å². The first kappa shape index (κ1) is 22.3. The Labute approximate surface area is 195 Å². The van der Waals surface area contributed by atoms with Crippen molar-refractivity contribution in [2.75, 3.05) is 19.6 Å². The number of piperidine rings is 1. The van der Waals surface area contributed by atoms with E-state index in [1.165, 1.54) is 32.1 Å². The number of hydrogen-bond acceptors (Lipinski definition) is 5. The van der Waals surface area contributed by atoms with Gasteiger partial charge in [0.1, 0.15) is 5.82 Å². The first-order valence-corrected chi connectivity index (χ1v) is 12.7. The Morgan fingerprint density at radius 2 is 1.91 bits per heavy atom. The molecule has 1 N–H and O–H groups in total. The highest BCUT2D eigenvalue weighted by molar-refractivity contribution is 5.78. The van der Waals surface area contributed by atoms with Gasteiger partial charge >= 0.3 is 0 Å². The zero-order chi connectivity index (χ0) is 22.6. The lowest BCUT2D eigenvalue weighted by Gasteiger charge is -2.36. The molecule has 0 spiro atoms. The van der Waals surface area contributed by atoms with Crippen LogP contribution in [-0.2, 0) is 24.2 Å². The molecule has 3 aliphatic rings. The summed E-state index contributed by atoms with van der Waals surface area (Å²) in [7, 11) is 0. The second-order valence-corrected chi connectivity index (χ2v) is 9.96. The van der Waals surface area contributed by atoms with Gasteiger partial charge in [0.2, 0.25) is 5.91 Å². The second-order valence-electron chi connectivity index (χ2n) is 9.96. The molecule has 2 fully saturated rings. The van der Waals surface area contributed by atoms with Crippen molar-refractivity contribution in [3.63, 3.8) is 0 Å². The minimum absolute atomic E-state index is 0.0222. The Kier molecular flexibility index (Phi) is 6.85. The number of likely N-dealkylation sites (tertiary alicyclic amines) is 1. The quantitative estimate of drug-likeness (QED) is 0.757. The van der Waals surface area contributed by atoms with Crippen molar-refractivity contribution in [1.82, 2.24) is 24.8 Å². The molecule has 1 saturated carbocycles. The standard InChI is InChI=1S/C26H35N5O2/c32-24(16-20-10-4-6-13-27-20)31-14-7-5-11-23(31)25-28-22-12-15-30(18-21(22)26(33)29-25)17-19-8-2-1-3-9-19/h4,6,10,13,19,23H,1-3,5,7-9,11-12,14-18H2,(H,28,29,33)/t23-/m1/s1. The lowest BCUT2D eigenvalue weighted by molar-refractivity contribution is -0.134. The maximum atomic E-state index is 13.1. The van der Waals surface area contributed by atoms with E-state index >= 15 is 0 Å². The fourth-order valence-corrected chi connectivity index (χ4v) is 5.82. The van der Waals surface area contributed by atoms with Gasteiger partial charge in [-0.2, -0.15) is 0 Å². The number of pyridine rings is 1. The van der Waals surface area contributed by atoms with E-state index in [1.54, 1.807) is 6.20 Å². The number of rotatable bonds is 5. The number of amides is 1. The molecule has 176 valence electrons. The van der Waals surface area contributed by atoms with Crippen molar-refractivity contribution in [3.05, 3.63) is 57.5 Å². The Hall–Kier alpha value is -2.54. The maximum Gasteiger partial charge on any atom is 0.255 e. The molecule has 1 atom stereocenters. The first-order valence-electron chi connectivity index (χ1n) is 12.7. The monoisotopic (exact) mass is 449 g/mol. The van der Waals surface area contributed by atoms with Crippen molar-refractivity contribution in [1.29, 1.82) is 0 Å². The number of H-pyrrole nitrogens is 1. The molecule has 1 saturated heterocycles. The molecule has 2 aromatic rings. The molecule has 7 nitrogen and oxygen atoms in total. The number of carbonyl (C=O) groups is 1. The van der Waals surface area contributed by atoms with Crippen LogP contribution in [0.4, 0.5) is 0 Å². The molecule has 0 unspecified atom stereocenters. The van der Waals surface area contributed by atoms with Gasteiger partial charge in [0, 0.05) is 44.5 Å². The first-order chi connectivity index (χ1) is 16.2. The van der Waals surface area contributed by atoms with Crippen molar-refractivity contribution >= 4 is 5.91 Å². The summed E-state index contributed by atoms with van der Waals surface area (Å²) in [5, 5.41) is 0. The van der Waals surface area contributed by atoms with Crippen molar-refractivity contribution in [2.24, 2.45) is 5.92 Å². The Morgan fingerprint density at radius 3 is 2.73 bits per heavy atom. The average Bonchev–Trinajstić information content (AvgIpc) is 2.85. The summed E-state index contributed by atoms with van der Waals surface area (Å²) >= 11 is 0. The largest absolute Gasteiger partial charge is 0.332 e. The minimum Gasteiger partial charge on any atom is -0.332 e. The van der Waals surface area contributed by atoms with Gasteiger partial charge < -0.3 is 9.88 Å². The Morgan fingerprint density at radius 1 is 1.06 bits per heavy atom. The third-order valence-corrected chi connectivity index (χ3v) is 7.60. The van der Waals surface area contributed by atoms with Crippen molar-refractivity contribution in [2.45, 2.75) is 76.8 Å². The number of fused-ring (bicyclic) bond motifs is 1. The zero-order valence-electron chi connectivity index (χ0n) is 19.5. The highest BCUT2D eigenvalue weighted by atomic mass is 16.2. The number of nitrogens with one attached hydrogen (secondary N) is 1. The van der Waals surface area contributed by atoms with Gasteiger partial charge in [-0.05, 0) is 50.2 Å². The number of carbonyl (C=O) groups excluding carboxylic acids is 1. The summed E-state index contributed by atoms with van der Waals surface area (Å²) in [6.45, 7) is 3.46. The predicted octanol–water partition coefficient (Wildman–Crippen LogP) is 3.40. The number of nitrogens with zero attached hydrogens (tertiary/aromatic N) is 4. The van der Waals surface area contributed by atoms with E-state index in [1.807, 2.05) is 23.1 Å². The number of aromatic nitrogens is 3. The fraction of sp³-hybridized carbons (Fsp3) is 0.615. The van der Waals surface area contributed by atoms with Gasteiger partial charge in [-0.3, -0.25) is 19.5 Å². The van der Waals surface area contributed by atoms with Gasteiger partial charge in [-0.15, -0.1) is 0 Å². The summed E-state index contributed by atoms with van der Waals surface area (Å²) < 4.78 is 0. The third kappa shape index (κ3) is 5.18. The van der Waals surface area contributed by atoms with Gasteiger partial charge in [0.05, 0.1) is 23.7 Å². The van der Waals surface area contributed by atoms with E-state index in [0.29, 0.717) is 18.9 Å². The number of hydrogen-bond donors (Lipinski definition) is 1. The van der Waals surface area contributed by atoms with E-state index in [9.17, 15) is 9.59 Å². The normalized spacial score (nSPS) is 22.2. The van der Waals surface area contributed by atoms with Crippen LogP contribution in [0.1, 0.15) is 80.2 Å². The maximum absolute atomic E-state index is 13.1. The predicted molar refractivity (Wildman–Crippen MR) is 127 cm³/mol. The summed E-state index contributed by atoms with van der Waals surface area (Å²) in [6.07, 6.45) is 12.4. The third-order valence-electron chi connectivity index (χ3n) is 7.60. The van der Waals surface area contributed by atoms with Crippen LogP contribution in [-0.4, -0.2) is 50.3 Å². The molecular formula is C26H35N5O2. The molecule has 33 heavy (non-hydrogen) atoms. The van der Waals surface area contributed by atoms with Crippen LogP contribution in [0, 0.1) is 5.92 Å². The summed E-state index contributed by atoms with van der Waals surface area (Å²) in [5.74, 6) is 1.48. The molecule has 2 aromatic heterocycles. The summed E-state index contributed by atoms with van der Waals surface area (Å²) in [6, 6.07) is 5.49. The van der Waals surface area contributed by atoms with Gasteiger partial charge in [0.15, 0.2) is 0 Å². The Bertz CT molecular complexity index is 1020. The Balaban J connectivity index is 1.31. The van der Waals surface area contributed by atoms with E-state index in [4.69, 9.17) is 4.98 Å². The SMILES string of the molecule is O=C(Cc1ccccn1)N1CCCC[C@@H]1c1nc2c(c(=O)[nH]1)CN(CC1CCCCC1)CC2. The summed E-state index contributed by atoms with van der Waals surface area (Å²) in [5.41, 5.74) is 2.50.